The fraction of sp³-hybridized carbons (Fsp3) is 1.00. The van der Waals surface area contributed by atoms with Crippen molar-refractivity contribution in [1.82, 2.24) is 4.57 Å². The normalized spacial score (nSPS) is 13.7. The lowest BCUT2D eigenvalue weighted by atomic mass is 10.4. The molecular formula is C21H52N2O7Si3. The highest BCUT2D eigenvalue weighted by atomic mass is 28.4. The summed E-state index contributed by atoms with van der Waals surface area (Å²) in [6.45, 7) is 19.9. The highest BCUT2D eigenvalue weighted by Crippen LogP contribution is 2.21. The van der Waals surface area contributed by atoms with Crippen LogP contribution in [-0.4, -0.2) is 96.9 Å². The van der Waals surface area contributed by atoms with Crippen molar-refractivity contribution in [1.29, 1.82) is 0 Å². The van der Waals surface area contributed by atoms with E-state index < -0.39 is 26.7 Å². The Balaban J connectivity index is 5.13. The van der Waals surface area contributed by atoms with Gasteiger partial charge < -0.3 is 41.3 Å². The van der Waals surface area contributed by atoms with E-state index >= 15 is 0 Å². The maximum absolute atomic E-state index is 6.63. The molecule has 1 atom stereocenters. The zero-order valence-corrected chi connectivity index (χ0v) is 25.5. The van der Waals surface area contributed by atoms with E-state index in [-0.39, 0.29) is 0 Å². The van der Waals surface area contributed by atoms with Crippen molar-refractivity contribution in [3.63, 3.8) is 0 Å². The molecule has 0 radical (unpaired) electrons. The first kappa shape index (κ1) is 33.3. The molecule has 1 unspecified atom stereocenters. The smallest absolute Gasteiger partial charge is 0.382 e. The van der Waals surface area contributed by atoms with Gasteiger partial charge in [-0.25, -0.2) is 0 Å². The van der Waals surface area contributed by atoms with Gasteiger partial charge in [0.25, 0.3) is 0 Å². The lowest BCUT2D eigenvalue weighted by molar-refractivity contribution is 0.0702. The van der Waals surface area contributed by atoms with Gasteiger partial charge in [0.1, 0.15) is 0 Å². The maximum Gasteiger partial charge on any atom is 0.500 e. The number of nitrogens with zero attached hydrogens (tertiary/aromatic N) is 1. The van der Waals surface area contributed by atoms with Crippen LogP contribution in [0.15, 0.2) is 0 Å². The topological polar surface area (TPSA) is 93.9 Å². The molecule has 0 aliphatic rings. The van der Waals surface area contributed by atoms with E-state index in [1.54, 1.807) is 0 Å². The van der Waals surface area contributed by atoms with Crippen LogP contribution in [0.4, 0.5) is 0 Å². The summed E-state index contributed by atoms with van der Waals surface area (Å²) >= 11 is 0. The first-order chi connectivity index (χ1) is 15.9. The van der Waals surface area contributed by atoms with Gasteiger partial charge >= 0.3 is 17.6 Å². The summed E-state index contributed by atoms with van der Waals surface area (Å²) in [5, 5.41) is 6.63. The van der Waals surface area contributed by atoms with E-state index in [1.165, 1.54) is 0 Å². The molecule has 0 bridgehead atoms. The molecule has 33 heavy (non-hydrogen) atoms. The van der Waals surface area contributed by atoms with Gasteiger partial charge in [0.15, 0.2) is 0 Å². The van der Waals surface area contributed by atoms with E-state index in [4.69, 9.17) is 36.7 Å². The van der Waals surface area contributed by atoms with Gasteiger partial charge in [-0.05, 0) is 74.4 Å². The Labute approximate surface area is 207 Å². The molecule has 0 aromatic heterocycles. The number of ether oxygens (including phenoxy) is 1. The van der Waals surface area contributed by atoms with E-state index in [2.05, 4.69) is 4.57 Å². The van der Waals surface area contributed by atoms with Crippen LogP contribution < -0.4 is 5.40 Å². The van der Waals surface area contributed by atoms with Crippen molar-refractivity contribution in [2.45, 2.75) is 73.4 Å². The van der Waals surface area contributed by atoms with Crippen LogP contribution in [0, 0.1) is 0 Å². The number of nitrogens with two attached hydrogens (primary N) is 1. The molecule has 0 aliphatic heterocycles. The zero-order valence-electron chi connectivity index (χ0n) is 22.4. The molecule has 0 aromatic carbocycles. The molecule has 0 spiro atoms. The minimum absolute atomic E-state index is 0.591. The van der Waals surface area contributed by atoms with Crippen LogP contribution in [0.25, 0.3) is 0 Å². The summed E-state index contributed by atoms with van der Waals surface area (Å²) in [6.07, 6.45) is 2.44. The Morgan fingerprint density at radius 2 is 0.909 bits per heavy atom. The molecule has 0 saturated carbocycles. The summed E-state index contributed by atoms with van der Waals surface area (Å²) in [5.41, 5.74) is 0. The molecular weight excluding hydrogens is 476 g/mol. The molecule has 12 heteroatoms. The van der Waals surface area contributed by atoms with E-state index in [9.17, 15) is 0 Å². The second kappa shape index (κ2) is 20.5. The Morgan fingerprint density at radius 1 is 0.576 bits per heavy atom. The van der Waals surface area contributed by atoms with Crippen molar-refractivity contribution < 1.29 is 31.3 Å². The van der Waals surface area contributed by atoms with Crippen LogP contribution >= 0.6 is 0 Å². The van der Waals surface area contributed by atoms with Gasteiger partial charge in [-0.3, -0.25) is 0 Å². The Hall–Kier alpha value is 0.291. The van der Waals surface area contributed by atoms with E-state index in [1.807, 2.05) is 48.5 Å². The zero-order chi connectivity index (χ0) is 25.0. The van der Waals surface area contributed by atoms with Crippen molar-refractivity contribution in [2.24, 2.45) is 5.40 Å². The summed E-state index contributed by atoms with van der Waals surface area (Å²) < 4.78 is 44.1. The van der Waals surface area contributed by atoms with Gasteiger partial charge in [0, 0.05) is 58.3 Å². The molecule has 0 amide bonds. The van der Waals surface area contributed by atoms with Gasteiger partial charge in [0.2, 0.25) is 9.12 Å². The lowest BCUT2D eigenvalue weighted by Gasteiger charge is -2.32. The Bertz CT molecular complexity index is 390. The van der Waals surface area contributed by atoms with Crippen molar-refractivity contribution >= 4 is 26.7 Å². The quantitative estimate of drug-likeness (QED) is 0.190. The van der Waals surface area contributed by atoms with E-state index in [0.717, 1.165) is 38.0 Å². The molecule has 0 aromatic rings. The molecule has 0 aliphatic carbocycles. The monoisotopic (exact) mass is 528 g/mol. The van der Waals surface area contributed by atoms with Crippen molar-refractivity contribution in [3.8, 4) is 0 Å². The predicted molar refractivity (Wildman–Crippen MR) is 140 cm³/mol. The van der Waals surface area contributed by atoms with Crippen LogP contribution in [0.2, 0.25) is 12.1 Å². The Kier molecular flexibility index (Phi) is 20.7. The van der Waals surface area contributed by atoms with E-state index in [0.29, 0.717) is 52.5 Å². The van der Waals surface area contributed by atoms with Crippen LogP contribution in [0.3, 0.4) is 0 Å². The third-order valence-corrected chi connectivity index (χ3v) is 13.3. The standard InChI is InChI=1S/C21H52N2O7Si3/c1-8-24-21-31(22)23(17-15-19-32(25-9-2,26-10-3)27-11-4)18-16-20-33(28-12-5,29-13-6)30-14-7/h31H,8-22H2,1-7H3. The molecule has 200 valence electrons. The Morgan fingerprint density at radius 3 is 1.18 bits per heavy atom. The number of hydrogen-bond acceptors (Lipinski definition) is 9. The summed E-state index contributed by atoms with van der Waals surface area (Å²) in [4.78, 5) is 0. The first-order valence-electron chi connectivity index (χ1n) is 12.8. The van der Waals surface area contributed by atoms with Gasteiger partial charge in [-0.1, -0.05) is 0 Å². The second-order valence-corrected chi connectivity index (χ2v) is 15.1. The maximum atomic E-state index is 6.63. The predicted octanol–water partition coefficient (Wildman–Crippen LogP) is 2.92. The molecule has 0 rings (SSSR count). The number of hydrogen-bond donors (Lipinski definition) is 1. The van der Waals surface area contributed by atoms with Gasteiger partial charge in [-0.2, -0.15) is 0 Å². The summed E-state index contributed by atoms with van der Waals surface area (Å²) in [5.74, 6) is 0. The lowest BCUT2D eigenvalue weighted by Crippen LogP contribution is -2.53. The average Bonchev–Trinajstić information content (AvgIpc) is 2.77. The van der Waals surface area contributed by atoms with Crippen LogP contribution in [-0.2, 0) is 31.3 Å². The minimum Gasteiger partial charge on any atom is -0.382 e. The average molecular weight is 529 g/mol. The van der Waals surface area contributed by atoms with Crippen molar-refractivity contribution in [2.75, 3.05) is 65.6 Å². The molecule has 9 nitrogen and oxygen atoms in total. The minimum atomic E-state index is -2.65. The number of rotatable bonds is 24. The molecule has 2 N–H and O–H groups in total. The second-order valence-electron chi connectivity index (χ2n) is 7.43. The molecule has 0 saturated heterocycles. The highest BCUT2D eigenvalue weighted by molar-refractivity contribution is 6.61. The van der Waals surface area contributed by atoms with Gasteiger partial charge in [0.05, 0.1) is 6.23 Å². The summed E-state index contributed by atoms with van der Waals surface area (Å²) in [6, 6.07) is 1.56. The third kappa shape index (κ3) is 13.8. The fourth-order valence-corrected chi connectivity index (χ4v) is 10.7. The van der Waals surface area contributed by atoms with Gasteiger partial charge in [-0.15, -0.1) is 0 Å². The van der Waals surface area contributed by atoms with Crippen LogP contribution in [0.1, 0.15) is 61.3 Å². The van der Waals surface area contributed by atoms with Crippen LogP contribution in [0.5, 0.6) is 0 Å². The van der Waals surface area contributed by atoms with Crippen molar-refractivity contribution in [3.05, 3.63) is 0 Å². The SMILES string of the molecule is CCOC[SiH](N)N(CCC[Si](OCC)(OCC)OCC)CCC[Si](OCC)(OCC)OCC. The highest BCUT2D eigenvalue weighted by Gasteiger charge is 2.41. The summed E-state index contributed by atoms with van der Waals surface area (Å²) in [7, 11) is -7.01. The third-order valence-electron chi connectivity index (χ3n) is 5.00. The molecule has 0 heterocycles. The largest absolute Gasteiger partial charge is 0.500 e. The fourth-order valence-electron chi connectivity index (χ4n) is 3.79. The first-order valence-corrected chi connectivity index (χ1v) is 18.7. The molecule has 0 fully saturated rings.